The van der Waals surface area contributed by atoms with Crippen molar-refractivity contribution in [2.45, 2.75) is 12.6 Å². The highest BCUT2D eigenvalue weighted by molar-refractivity contribution is 6.30. The van der Waals surface area contributed by atoms with E-state index in [1.54, 1.807) is 7.11 Å². The van der Waals surface area contributed by atoms with Gasteiger partial charge in [-0.2, -0.15) is 0 Å². The summed E-state index contributed by atoms with van der Waals surface area (Å²) in [6.45, 7) is 2.72. The van der Waals surface area contributed by atoms with Gasteiger partial charge in [0.15, 0.2) is 0 Å². The number of benzene rings is 1. The van der Waals surface area contributed by atoms with Crippen molar-refractivity contribution in [1.82, 2.24) is 4.90 Å². The zero-order valence-corrected chi connectivity index (χ0v) is 12.3. The van der Waals surface area contributed by atoms with Gasteiger partial charge in [0, 0.05) is 25.2 Å². The van der Waals surface area contributed by atoms with E-state index < -0.39 is 6.10 Å². The van der Waals surface area contributed by atoms with Crippen molar-refractivity contribution in [1.29, 1.82) is 0 Å². The molecule has 4 nitrogen and oxygen atoms in total. The van der Waals surface area contributed by atoms with Gasteiger partial charge < -0.3 is 14.6 Å². The van der Waals surface area contributed by atoms with E-state index in [4.69, 9.17) is 21.1 Å². The lowest BCUT2D eigenvalue weighted by Gasteiger charge is -2.20. The van der Waals surface area contributed by atoms with Gasteiger partial charge >= 0.3 is 0 Å². The Labute approximate surface area is 119 Å². The third kappa shape index (κ3) is 7.50. The van der Waals surface area contributed by atoms with Crippen LogP contribution in [0.25, 0.3) is 0 Å². The minimum atomic E-state index is -0.492. The van der Waals surface area contributed by atoms with Crippen LogP contribution in [-0.4, -0.2) is 56.6 Å². The zero-order chi connectivity index (χ0) is 14.1. The van der Waals surface area contributed by atoms with Crippen LogP contribution in [0.1, 0.15) is 5.56 Å². The predicted molar refractivity (Wildman–Crippen MR) is 76.5 cm³/mol. The summed E-state index contributed by atoms with van der Waals surface area (Å²) in [5.74, 6) is 0. The summed E-state index contributed by atoms with van der Waals surface area (Å²) in [4.78, 5) is 2.05. The maximum absolute atomic E-state index is 9.81. The molecular weight excluding hydrogens is 266 g/mol. The molecule has 1 aromatic carbocycles. The summed E-state index contributed by atoms with van der Waals surface area (Å²) in [7, 11) is 3.59. The number of halogens is 1. The largest absolute Gasteiger partial charge is 0.389 e. The molecule has 0 amide bonds. The molecule has 0 radical (unpaired) electrons. The first-order chi connectivity index (χ1) is 9.11. The lowest BCUT2D eigenvalue weighted by atomic mass is 10.2. The van der Waals surface area contributed by atoms with Crippen LogP contribution < -0.4 is 0 Å². The monoisotopic (exact) mass is 287 g/mol. The topological polar surface area (TPSA) is 41.9 Å². The molecule has 0 aromatic heterocycles. The summed E-state index contributed by atoms with van der Waals surface area (Å²) in [5, 5.41) is 10.5. The first kappa shape index (κ1) is 16.4. The van der Waals surface area contributed by atoms with Crippen LogP contribution in [0.2, 0.25) is 5.02 Å². The number of nitrogens with zero attached hydrogens (tertiary/aromatic N) is 1. The minimum absolute atomic E-state index is 0.328. The summed E-state index contributed by atoms with van der Waals surface area (Å²) >= 11 is 5.84. The molecule has 19 heavy (non-hydrogen) atoms. The second-order valence-electron chi connectivity index (χ2n) is 4.54. The molecule has 0 saturated carbocycles. The quantitative estimate of drug-likeness (QED) is 0.703. The number of aliphatic hydroxyl groups excluding tert-OH is 1. The van der Waals surface area contributed by atoms with Crippen LogP contribution in [0.5, 0.6) is 0 Å². The van der Waals surface area contributed by atoms with Crippen LogP contribution in [0.3, 0.4) is 0 Å². The molecule has 1 N–H and O–H groups in total. The van der Waals surface area contributed by atoms with Gasteiger partial charge in [0.1, 0.15) is 0 Å². The van der Waals surface area contributed by atoms with E-state index in [2.05, 4.69) is 0 Å². The third-order valence-electron chi connectivity index (χ3n) is 2.63. The van der Waals surface area contributed by atoms with Gasteiger partial charge in [-0.3, -0.25) is 4.90 Å². The molecule has 0 aliphatic rings. The van der Waals surface area contributed by atoms with Gasteiger partial charge in [-0.05, 0) is 24.7 Å². The average Bonchev–Trinajstić information content (AvgIpc) is 2.37. The number of hydrogen-bond donors (Lipinski definition) is 1. The molecule has 1 atom stereocenters. The van der Waals surface area contributed by atoms with E-state index in [9.17, 15) is 5.11 Å². The Morgan fingerprint density at radius 2 is 1.95 bits per heavy atom. The molecule has 1 rings (SSSR count). The molecule has 1 aromatic rings. The third-order valence-corrected chi connectivity index (χ3v) is 2.88. The second kappa shape index (κ2) is 9.28. The highest BCUT2D eigenvalue weighted by Crippen LogP contribution is 2.11. The number of likely N-dealkylation sites (N-methyl/N-ethyl adjacent to an activating group) is 1. The van der Waals surface area contributed by atoms with E-state index in [1.807, 2.05) is 36.2 Å². The van der Waals surface area contributed by atoms with Crippen LogP contribution >= 0.6 is 11.6 Å². The number of methoxy groups -OCH3 is 1. The van der Waals surface area contributed by atoms with Gasteiger partial charge in [0.05, 0.1) is 25.9 Å². The molecule has 0 aliphatic heterocycles. The molecule has 0 aliphatic carbocycles. The maximum atomic E-state index is 9.81. The fourth-order valence-electron chi connectivity index (χ4n) is 1.74. The molecule has 0 bridgehead atoms. The Bertz CT molecular complexity index is 345. The van der Waals surface area contributed by atoms with Crippen molar-refractivity contribution in [2.24, 2.45) is 0 Å². The highest BCUT2D eigenvalue weighted by Gasteiger charge is 2.08. The van der Waals surface area contributed by atoms with E-state index in [1.165, 1.54) is 5.56 Å². The molecule has 108 valence electrons. The fourth-order valence-corrected chi connectivity index (χ4v) is 1.87. The van der Waals surface area contributed by atoms with Gasteiger partial charge in [-0.25, -0.2) is 0 Å². The number of rotatable bonds is 9. The zero-order valence-electron chi connectivity index (χ0n) is 11.5. The number of hydrogen-bond acceptors (Lipinski definition) is 4. The molecule has 0 heterocycles. The van der Waals surface area contributed by atoms with Gasteiger partial charge in [0.25, 0.3) is 0 Å². The summed E-state index contributed by atoms with van der Waals surface area (Å²) in [6, 6.07) is 7.71. The van der Waals surface area contributed by atoms with Gasteiger partial charge in [-0.1, -0.05) is 23.7 Å². The van der Waals surface area contributed by atoms with Gasteiger partial charge in [-0.15, -0.1) is 0 Å². The van der Waals surface area contributed by atoms with Gasteiger partial charge in [0.2, 0.25) is 0 Å². The van der Waals surface area contributed by atoms with Crippen LogP contribution in [0.4, 0.5) is 0 Å². The van der Waals surface area contributed by atoms with Crippen molar-refractivity contribution >= 4 is 11.6 Å². The Morgan fingerprint density at radius 3 is 2.58 bits per heavy atom. The summed E-state index contributed by atoms with van der Waals surface area (Å²) in [6.07, 6.45) is -0.492. The summed E-state index contributed by atoms with van der Waals surface area (Å²) in [5.41, 5.74) is 1.17. The normalized spacial score (nSPS) is 12.9. The Hall–Kier alpha value is -0.650. The first-order valence-electron chi connectivity index (χ1n) is 6.29. The molecular formula is C14H22ClNO3. The average molecular weight is 288 g/mol. The Kier molecular flexibility index (Phi) is 8.02. The fraction of sp³-hybridized carbons (Fsp3) is 0.571. The minimum Gasteiger partial charge on any atom is -0.389 e. The SMILES string of the molecule is COCCOCC(O)CN(C)Cc1ccc(Cl)cc1. The maximum Gasteiger partial charge on any atom is 0.0900 e. The van der Waals surface area contributed by atoms with E-state index in [0.29, 0.717) is 26.4 Å². The molecule has 5 heteroatoms. The van der Waals surface area contributed by atoms with Crippen molar-refractivity contribution < 1.29 is 14.6 Å². The van der Waals surface area contributed by atoms with Crippen molar-refractivity contribution in [3.8, 4) is 0 Å². The Balaban J connectivity index is 2.22. The molecule has 0 saturated heterocycles. The molecule has 1 unspecified atom stereocenters. The van der Waals surface area contributed by atoms with E-state index in [-0.39, 0.29) is 0 Å². The standard InChI is InChI=1S/C14H22ClNO3/c1-16(9-12-3-5-13(15)6-4-12)10-14(17)11-19-8-7-18-2/h3-6,14,17H,7-11H2,1-2H3. The lowest BCUT2D eigenvalue weighted by Crippen LogP contribution is -2.32. The highest BCUT2D eigenvalue weighted by atomic mass is 35.5. The van der Waals surface area contributed by atoms with Crippen LogP contribution in [0, 0.1) is 0 Å². The predicted octanol–water partition coefficient (Wildman–Crippen LogP) is 1.80. The Morgan fingerprint density at radius 1 is 1.26 bits per heavy atom. The number of aliphatic hydroxyl groups is 1. The van der Waals surface area contributed by atoms with Crippen molar-refractivity contribution in [3.05, 3.63) is 34.9 Å². The first-order valence-corrected chi connectivity index (χ1v) is 6.67. The van der Waals surface area contributed by atoms with Crippen LogP contribution in [-0.2, 0) is 16.0 Å². The second-order valence-corrected chi connectivity index (χ2v) is 4.98. The summed E-state index contributed by atoms with van der Waals surface area (Å²) < 4.78 is 10.1. The molecule has 0 fully saturated rings. The molecule has 0 spiro atoms. The smallest absolute Gasteiger partial charge is 0.0900 e. The number of ether oxygens (including phenoxy) is 2. The van der Waals surface area contributed by atoms with E-state index >= 15 is 0 Å². The van der Waals surface area contributed by atoms with E-state index in [0.717, 1.165) is 11.6 Å². The lowest BCUT2D eigenvalue weighted by molar-refractivity contribution is 0.00161. The van der Waals surface area contributed by atoms with Crippen LogP contribution in [0.15, 0.2) is 24.3 Å². The van der Waals surface area contributed by atoms with Crippen molar-refractivity contribution in [3.63, 3.8) is 0 Å². The van der Waals surface area contributed by atoms with Crippen molar-refractivity contribution in [2.75, 3.05) is 40.5 Å².